The lowest BCUT2D eigenvalue weighted by Gasteiger charge is -2.21. The molecule has 3 rings (SSSR count). The van der Waals surface area contributed by atoms with Crippen molar-refractivity contribution >= 4 is 5.97 Å². The summed E-state index contributed by atoms with van der Waals surface area (Å²) in [5.74, 6) is 0.607. The van der Waals surface area contributed by atoms with E-state index in [1.165, 1.54) is 7.11 Å². The van der Waals surface area contributed by atoms with Crippen molar-refractivity contribution in [1.29, 1.82) is 0 Å². The van der Waals surface area contributed by atoms with Crippen molar-refractivity contribution in [2.24, 2.45) is 0 Å². The van der Waals surface area contributed by atoms with Gasteiger partial charge in [-0.25, -0.2) is 4.79 Å². The molecule has 6 nitrogen and oxygen atoms in total. The number of rotatable bonds is 10. The van der Waals surface area contributed by atoms with Crippen molar-refractivity contribution in [1.82, 2.24) is 0 Å². The van der Waals surface area contributed by atoms with E-state index in [1.807, 2.05) is 81.4 Å². The maximum Gasteiger partial charge on any atom is 0.338 e. The molecule has 174 valence electrons. The van der Waals surface area contributed by atoms with Crippen LogP contribution in [0.2, 0.25) is 0 Å². The standard InChI is InChI=1S/C27H30O6/c1-27(2,3)33-26(28)22-15-23(30-17-20-11-7-5-8-12-20)25(32-19-29-4)24(16-22)31-18-21-13-9-6-10-14-21/h5-16H,17-19H2,1-4H3. The van der Waals surface area contributed by atoms with Gasteiger partial charge in [-0.1, -0.05) is 60.7 Å². The minimum Gasteiger partial charge on any atom is -0.485 e. The predicted octanol–water partition coefficient (Wildman–Crippen LogP) is 5.78. The summed E-state index contributed by atoms with van der Waals surface area (Å²) < 4.78 is 28.6. The van der Waals surface area contributed by atoms with E-state index in [-0.39, 0.29) is 6.79 Å². The monoisotopic (exact) mass is 450 g/mol. The first-order chi connectivity index (χ1) is 15.9. The first kappa shape index (κ1) is 24.1. The van der Waals surface area contributed by atoms with E-state index in [2.05, 4.69) is 0 Å². The number of carbonyl (C=O) groups is 1. The Balaban J connectivity index is 1.96. The highest BCUT2D eigenvalue weighted by molar-refractivity contribution is 5.91. The van der Waals surface area contributed by atoms with Crippen molar-refractivity contribution < 1.29 is 28.5 Å². The largest absolute Gasteiger partial charge is 0.485 e. The Morgan fingerprint density at radius 2 is 1.24 bits per heavy atom. The second-order valence-corrected chi connectivity index (χ2v) is 8.40. The molecular weight excluding hydrogens is 420 g/mol. The Morgan fingerprint density at radius 1 is 0.758 bits per heavy atom. The number of hydrogen-bond donors (Lipinski definition) is 0. The van der Waals surface area contributed by atoms with Gasteiger partial charge in [0.1, 0.15) is 18.8 Å². The van der Waals surface area contributed by atoms with Crippen molar-refractivity contribution in [2.75, 3.05) is 13.9 Å². The van der Waals surface area contributed by atoms with Gasteiger partial charge in [0.15, 0.2) is 18.3 Å². The zero-order chi connectivity index (χ0) is 23.7. The fraction of sp³-hybridized carbons (Fsp3) is 0.296. The highest BCUT2D eigenvalue weighted by Crippen LogP contribution is 2.40. The molecular formula is C27H30O6. The van der Waals surface area contributed by atoms with E-state index < -0.39 is 11.6 Å². The number of hydrogen-bond acceptors (Lipinski definition) is 6. The molecule has 0 unspecified atom stereocenters. The van der Waals surface area contributed by atoms with Crippen molar-refractivity contribution in [3.05, 3.63) is 89.5 Å². The first-order valence-corrected chi connectivity index (χ1v) is 10.7. The SMILES string of the molecule is COCOc1c(OCc2ccccc2)cc(C(=O)OC(C)(C)C)cc1OCc1ccccc1. The minimum absolute atomic E-state index is 0.00478. The van der Waals surface area contributed by atoms with Crippen LogP contribution < -0.4 is 14.2 Å². The van der Waals surface area contributed by atoms with Crippen LogP contribution in [0, 0.1) is 0 Å². The molecule has 33 heavy (non-hydrogen) atoms. The van der Waals surface area contributed by atoms with E-state index >= 15 is 0 Å². The van der Waals surface area contributed by atoms with Crippen molar-refractivity contribution in [2.45, 2.75) is 39.6 Å². The first-order valence-electron chi connectivity index (χ1n) is 10.7. The van der Waals surface area contributed by atoms with E-state index in [9.17, 15) is 4.79 Å². The number of benzene rings is 3. The Kier molecular flexibility index (Phi) is 8.33. The smallest absolute Gasteiger partial charge is 0.338 e. The van der Waals surface area contributed by atoms with E-state index in [0.717, 1.165) is 11.1 Å². The van der Waals surface area contributed by atoms with Crippen LogP contribution in [0.25, 0.3) is 0 Å². The lowest BCUT2D eigenvalue weighted by molar-refractivity contribution is 0.00681. The zero-order valence-corrected chi connectivity index (χ0v) is 19.5. The Morgan fingerprint density at radius 3 is 1.67 bits per heavy atom. The predicted molar refractivity (Wildman–Crippen MR) is 126 cm³/mol. The molecule has 6 heteroatoms. The Labute approximate surface area is 195 Å². The summed E-state index contributed by atoms with van der Waals surface area (Å²) in [4.78, 5) is 12.8. The molecule has 0 radical (unpaired) electrons. The molecule has 3 aromatic rings. The topological polar surface area (TPSA) is 63.2 Å². The maximum absolute atomic E-state index is 12.8. The number of ether oxygens (including phenoxy) is 5. The minimum atomic E-state index is -0.640. The Hall–Kier alpha value is -3.51. The molecule has 0 aliphatic heterocycles. The van der Waals surface area contributed by atoms with Crippen LogP contribution in [-0.2, 0) is 22.7 Å². The summed E-state index contributed by atoms with van der Waals surface area (Å²) in [5.41, 5.74) is 1.62. The molecule has 0 atom stereocenters. The number of esters is 1. The number of methoxy groups -OCH3 is 1. The maximum atomic E-state index is 12.8. The van der Waals surface area contributed by atoms with Crippen LogP contribution >= 0.6 is 0 Å². The van der Waals surface area contributed by atoms with E-state index in [1.54, 1.807) is 12.1 Å². The van der Waals surface area contributed by atoms with Crippen LogP contribution in [0.15, 0.2) is 72.8 Å². The molecule has 0 bridgehead atoms. The van der Waals surface area contributed by atoms with Gasteiger partial charge in [-0.05, 0) is 44.0 Å². The second-order valence-electron chi connectivity index (χ2n) is 8.40. The summed E-state index contributed by atoms with van der Waals surface area (Å²) in [7, 11) is 1.53. The molecule has 0 fully saturated rings. The van der Waals surface area contributed by atoms with E-state index in [4.69, 9.17) is 23.7 Å². The fourth-order valence-corrected chi connectivity index (χ4v) is 2.98. The fourth-order valence-electron chi connectivity index (χ4n) is 2.98. The summed E-state index contributed by atoms with van der Waals surface area (Å²) in [6, 6.07) is 22.7. The second kappa shape index (κ2) is 11.4. The molecule has 0 aliphatic rings. The molecule has 0 N–H and O–H groups in total. The van der Waals surface area contributed by atoms with Gasteiger partial charge in [0.25, 0.3) is 0 Å². The summed E-state index contributed by atoms with van der Waals surface area (Å²) >= 11 is 0. The molecule has 0 aliphatic carbocycles. The van der Waals surface area contributed by atoms with Crippen LogP contribution in [0.4, 0.5) is 0 Å². The summed E-state index contributed by atoms with van der Waals surface area (Å²) in [5, 5.41) is 0. The average Bonchev–Trinajstić information content (AvgIpc) is 2.80. The molecule has 0 saturated carbocycles. The third kappa shape index (κ3) is 7.54. The van der Waals surface area contributed by atoms with Crippen LogP contribution in [0.5, 0.6) is 17.2 Å². The van der Waals surface area contributed by atoms with Gasteiger partial charge in [-0.15, -0.1) is 0 Å². The lowest BCUT2D eigenvalue weighted by Crippen LogP contribution is -2.24. The summed E-state index contributed by atoms with van der Waals surface area (Å²) in [6.07, 6.45) is 0. The quantitative estimate of drug-likeness (QED) is 0.288. The van der Waals surface area contributed by atoms with Gasteiger partial charge >= 0.3 is 5.97 Å². The van der Waals surface area contributed by atoms with Gasteiger partial charge < -0.3 is 23.7 Å². The van der Waals surface area contributed by atoms with Crippen LogP contribution in [-0.4, -0.2) is 25.5 Å². The molecule has 0 amide bonds. The van der Waals surface area contributed by atoms with Crippen molar-refractivity contribution in [3.8, 4) is 17.2 Å². The van der Waals surface area contributed by atoms with Gasteiger partial charge in [-0.2, -0.15) is 0 Å². The van der Waals surface area contributed by atoms with Gasteiger partial charge in [0, 0.05) is 7.11 Å². The normalized spacial score (nSPS) is 11.0. The molecule has 0 saturated heterocycles. The number of carbonyl (C=O) groups excluding carboxylic acids is 1. The van der Waals surface area contributed by atoms with Crippen molar-refractivity contribution in [3.63, 3.8) is 0 Å². The molecule has 0 heterocycles. The molecule has 3 aromatic carbocycles. The Bertz CT molecular complexity index is 961. The zero-order valence-electron chi connectivity index (χ0n) is 19.5. The van der Waals surface area contributed by atoms with Crippen LogP contribution in [0.1, 0.15) is 42.3 Å². The van der Waals surface area contributed by atoms with Gasteiger partial charge in [0.2, 0.25) is 5.75 Å². The average molecular weight is 451 g/mol. The van der Waals surface area contributed by atoms with Gasteiger partial charge in [0.05, 0.1) is 5.56 Å². The highest BCUT2D eigenvalue weighted by Gasteiger charge is 2.23. The lowest BCUT2D eigenvalue weighted by atomic mass is 10.1. The molecule has 0 spiro atoms. The third-order valence-corrected chi connectivity index (χ3v) is 4.45. The molecule has 0 aromatic heterocycles. The third-order valence-electron chi connectivity index (χ3n) is 4.45. The van der Waals surface area contributed by atoms with Gasteiger partial charge in [-0.3, -0.25) is 0 Å². The van der Waals surface area contributed by atoms with E-state index in [0.29, 0.717) is 36.0 Å². The summed E-state index contributed by atoms with van der Waals surface area (Å²) in [6.45, 7) is 6.04. The van der Waals surface area contributed by atoms with Crippen LogP contribution in [0.3, 0.4) is 0 Å². The highest BCUT2D eigenvalue weighted by atomic mass is 16.7.